The maximum atomic E-state index is 11.7. The highest BCUT2D eigenvalue weighted by Crippen LogP contribution is 2.23. The third-order valence-corrected chi connectivity index (χ3v) is 2.75. The fraction of sp³-hybridized carbons (Fsp3) is 0.231. The van der Waals surface area contributed by atoms with Crippen LogP contribution >= 0.6 is 0 Å². The highest BCUT2D eigenvalue weighted by Gasteiger charge is 2.14. The largest absolute Gasteiger partial charge is 0.464 e. The van der Waals surface area contributed by atoms with Gasteiger partial charge in [0.05, 0.1) is 11.6 Å². The van der Waals surface area contributed by atoms with Crippen LogP contribution in [-0.4, -0.2) is 5.78 Å². The van der Waals surface area contributed by atoms with E-state index in [-0.39, 0.29) is 11.2 Å². The second-order valence-corrected chi connectivity index (χ2v) is 3.91. The van der Waals surface area contributed by atoms with Gasteiger partial charge in [-0.25, -0.2) is 0 Å². The summed E-state index contributed by atoms with van der Waals surface area (Å²) in [4.78, 5) is 23.2. The number of rotatable bonds is 1. The van der Waals surface area contributed by atoms with Crippen molar-refractivity contribution in [2.75, 3.05) is 0 Å². The first-order chi connectivity index (χ1) is 7.52. The lowest BCUT2D eigenvalue weighted by atomic mass is 9.96. The second kappa shape index (κ2) is 3.59. The van der Waals surface area contributed by atoms with Crippen LogP contribution in [0, 0.1) is 13.8 Å². The number of carbonyl (C=O) groups is 1. The number of hydrogen-bond acceptors (Lipinski definition) is 3. The molecule has 3 nitrogen and oxygen atoms in total. The lowest BCUT2D eigenvalue weighted by Crippen LogP contribution is -2.07. The van der Waals surface area contributed by atoms with Crippen molar-refractivity contribution in [3.8, 4) is 0 Å². The zero-order valence-electron chi connectivity index (χ0n) is 9.46. The van der Waals surface area contributed by atoms with Crippen molar-refractivity contribution >= 4 is 16.8 Å². The van der Waals surface area contributed by atoms with E-state index in [1.807, 2.05) is 6.92 Å². The maximum absolute atomic E-state index is 11.7. The maximum Gasteiger partial charge on any atom is 0.192 e. The van der Waals surface area contributed by atoms with Crippen LogP contribution < -0.4 is 5.43 Å². The zero-order valence-corrected chi connectivity index (χ0v) is 9.46. The lowest BCUT2D eigenvalue weighted by molar-refractivity contribution is 0.101. The number of benzene rings is 1. The second-order valence-electron chi connectivity index (χ2n) is 3.91. The van der Waals surface area contributed by atoms with Crippen LogP contribution in [0.5, 0.6) is 0 Å². The molecule has 16 heavy (non-hydrogen) atoms. The van der Waals surface area contributed by atoms with Crippen molar-refractivity contribution in [3.05, 3.63) is 45.3 Å². The lowest BCUT2D eigenvalue weighted by Gasteiger charge is -2.08. The molecule has 0 aliphatic heterocycles. The molecule has 2 aromatic rings. The van der Waals surface area contributed by atoms with Gasteiger partial charge in [0.1, 0.15) is 5.58 Å². The number of Topliss-reactive ketones (excluding diaryl/α,β-unsaturated/α-hetero) is 1. The number of aryl methyl sites for hydroxylation is 2. The average Bonchev–Trinajstić information content (AvgIpc) is 2.15. The van der Waals surface area contributed by atoms with Gasteiger partial charge in [0, 0.05) is 11.6 Å². The van der Waals surface area contributed by atoms with Crippen LogP contribution in [0.2, 0.25) is 0 Å². The minimum absolute atomic E-state index is 0.0276. The first kappa shape index (κ1) is 10.6. The van der Waals surface area contributed by atoms with E-state index in [1.165, 1.54) is 19.3 Å². The molecule has 0 atom stereocenters. The summed E-state index contributed by atoms with van der Waals surface area (Å²) in [6.45, 7) is 5.13. The molecule has 3 heteroatoms. The highest BCUT2D eigenvalue weighted by atomic mass is 16.3. The van der Waals surface area contributed by atoms with E-state index in [9.17, 15) is 9.59 Å². The predicted molar refractivity (Wildman–Crippen MR) is 62.0 cm³/mol. The molecular weight excluding hydrogens is 204 g/mol. The Morgan fingerprint density at radius 3 is 2.62 bits per heavy atom. The summed E-state index contributed by atoms with van der Waals surface area (Å²) in [7, 11) is 0. The van der Waals surface area contributed by atoms with Gasteiger partial charge in [-0.2, -0.15) is 0 Å². The molecule has 2 rings (SSSR count). The standard InChI is InChI=1S/C13H12O3/c1-7-6-11-13(10(15)4-5-16-11)8(2)12(7)9(3)14/h4-6H,1-3H3. The van der Waals surface area contributed by atoms with Crippen LogP contribution in [0.4, 0.5) is 0 Å². The van der Waals surface area contributed by atoms with Crippen molar-refractivity contribution in [2.45, 2.75) is 20.8 Å². The van der Waals surface area contributed by atoms with Crippen LogP contribution in [0.15, 0.2) is 27.6 Å². The first-order valence-electron chi connectivity index (χ1n) is 5.05. The van der Waals surface area contributed by atoms with Crippen molar-refractivity contribution in [3.63, 3.8) is 0 Å². The number of fused-ring (bicyclic) bond motifs is 1. The molecule has 0 aliphatic carbocycles. The molecule has 82 valence electrons. The van der Waals surface area contributed by atoms with Gasteiger partial charge in [0.25, 0.3) is 0 Å². The van der Waals surface area contributed by atoms with Gasteiger partial charge in [0.15, 0.2) is 11.2 Å². The van der Waals surface area contributed by atoms with Gasteiger partial charge in [-0.3, -0.25) is 9.59 Å². The molecule has 0 fully saturated rings. The Morgan fingerprint density at radius 1 is 1.31 bits per heavy atom. The molecule has 0 amide bonds. The van der Waals surface area contributed by atoms with Gasteiger partial charge in [0.2, 0.25) is 0 Å². The number of carbonyl (C=O) groups excluding carboxylic acids is 1. The molecular formula is C13H12O3. The van der Waals surface area contributed by atoms with Crippen LogP contribution in [-0.2, 0) is 0 Å². The molecule has 1 aromatic heterocycles. The SMILES string of the molecule is CC(=O)c1c(C)cc2occc(=O)c2c1C. The molecule has 1 aromatic carbocycles. The summed E-state index contributed by atoms with van der Waals surface area (Å²) in [5, 5.41) is 0.498. The van der Waals surface area contributed by atoms with Crippen LogP contribution in [0.25, 0.3) is 11.0 Å². The Bertz CT molecular complexity index is 635. The third kappa shape index (κ3) is 1.45. The van der Waals surface area contributed by atoms with Gasteiger partial charge >= 0.3 is 0 Å². The summed E-state index contributed by atoms with van der Waals surface area (Å²) >= 11 is 0. The van der Waals surface area contributed by atoms with Gasteiger partial charge in [-0.05, 0) is 38.0 Å². The Hall–Kier alpha value is -1.90. The molecule has 0 radical (unpaired) electrons. The molecule has 0 aliphatic rings. The molecule has 0 unspecified atom stereocenters. The minimum atomic E-state index is -0.110. The van der Waals surface area contributed by atoms with Crippen molar-refractivity contribution < 1.29 is 9.21 Å². The summed E-state index contributed by atoms with van der Waals surface area (Å²) < 4.78 is 5.28. The van der Waals surface area contributed by atoms with Crippen molar-refractivity contribution in [1.82, 2.24) is 0 Å². The molecule has 0 spiro atoms. The van der Waals surface area contributed by atoms with Gasteiger partial charge < -0.3 is 4.42 Å². The molecule has 1 heterocycles. The van der Waals surface area contributed by atoms with E-state index in [1.54, 1.807) is 13.0 Å². The molecule has 0 saturated carbocycles. The Labute approximate surface area is 92.7 Å². The monoisotopic (exact) mass is 216 g/mol. The highest BCUT2D eigenvalue weighted by molar-refractivity contribution is 6.01. The minimum Gasteiger partial charge on any atom is -0.464 e. The van der Waals surface area contributed by atoms with E-state index in [4.69, 9.17) is 4.42 Å². The summed E-state index contributed by atoms with van der Waals surface area (Å²) in [5.74, 6) is -0.0276. The normalized spacial score (nSPS) is 10.7. The summed E-state index contributed by atoms with van der Waals surface area (Å²) in [5.41, 5.74) is 2.59. The average molecular weight is 216 g/mol. The summed E-state index contributed by atoms with van der Waals surface area (Å²) in [6, 6.07) is 3.11. The fourth-order valence-corrected chi connectivity index (χ4v) is 2.14. The fourth-order valence-electron chi connectivity index (χ4n) is 2.14. The Kier molecular flexibility index (Phi) is 2.38. The Balaban J connectivity index is 3.03. The number of hydrogen-bond donors (Lipinski definition) is 0. The van der Waals surface area contributed by atoms with Crippen molar-refractivity contribution in [2.24, 2.45) is 0 Å². The van der Waals surface area contributed by atoms with Gasteiger partial charge in [-0.1, -0.05) is 0 Å². The predicted octanol–water partition coefficient (Wildman–Crippen LogP) is 2.61. The summed E-state index contributed by atoms with van der Waals surface area (Å²) in [6.07, 6.45) is 1.37. The first-order valence-corrected chi connectivity index (χ1v) is 5.05. The van der Waals surface area contributed by atoms with E-state index < -0.39 is 0 Å². The topological polar surface area (TPSA) is 47.3 Å². The van der Waals surface area contributed by atoms with Crippen LogP contribution in [0.3, 0.4) is 0 Å². The van der Waals surface area contributed by atoms with Crippen LogP contribution in [0.1, 0.15) is 28.4 Å². The van der Waals surface area contributed by atoms with E-state index in [0.29, 0.717) is 22.1 Å². The smallest absolute Gasteiger partial charge is 0.192 e. The van der Waals surface area contributed by atoms with Crippen molar-refractivity contribution in [1.29, 1.82) is 0 Å². The van der Waals surface area contributed by atoms with E-state index >= 15 is 0 Å². The van der Waals surface area contributed by atoms with Gasteiger partial charge in [-0.15, -0.1) is 0 Å². The Morgan fingerprint density at radius 2 is 2.00 bits per heavy atom. The molecule has 0 bridgehead atoms. The zero-order chi connectivity index (χ0) is 11.9. The van der Waals surface area contributed by atoms with E-state index in [0.717, 1.165) is 5.56 Å². The quantitative estimate of drug-likeness (QED) is 0.688. The molecule has 0 N–H and O–H groups in total. The number of ketones is 1. The molecule has 0 saturated heterocycles. The van der Waals surface area contributed by atoms with E-state index in [2.05, 4.69) is 0 Å². The third-order valence-electron chi connectivity index (χ3n) is 2.75.